The van der Waals surface area contributed by atoms with Crippen molar-refractivity contribution in [3.05, 3.63) is 45.4 Å². The van der Waals surface area contributed by atoms with Gasteiger partial charge in [0.25, 0.3) is 5.91 Å². The highest BCUT2D eigenvalue weighted by Gasteiger charge is 2.15. The number of carbonyl (C=O) groups is 1. The van der Waals surface area contributed by atoms with Gasteiger partial charge in [0.15, 0.2) is 0 Å². The van der Waals surface area contributed by atoms with Crippen molar-refractivity contribution < 1.29 is 4.79 Å². The average Bonchev–Trinajstić information content (AvgIpc) is 2.87. The van der Waals surface area contributed by atoms with Crippen molar-refractivity contribution in [3.63, 3.8) is 0 Å². The van der Waals surface area contributed by atoms with Crippen molar-refractivity contribution in [2.24, 2.45) is 0 Å². The third kappa shape index (κ3) is 4.39. The largest absolute Gasteiger partial charge is 0.321 e. The molecule has 4 nitrogen and oxygen atoms in total. The lowest BCUT2D eigenvalue weighted by Crippen LogP contribution is -2.14. The van der Waals surface area contributed by atoms with Crippen LogP contribution in [0.4, 0.5) is 5.69 Å². The summed E-state index contributed by atoms with van der Waals surface area (Å²) in [5.41, 5.74) is 2.80. The predicted molar refractivity (Wildman–Crippen MR) is 92.6 cm³/mol. The number of benzene rings is 1. The SMILES string of the molecule is CCCc1nc(C)c(C(=O)Nc2cccc(CNCC)c2)s1. The zero-order valence-electron chi connectivity index (χ0n) is 13.4. The molecular weight excluding hydrogens is 294 g/mol. The maximum atomic E-state index is 12.4. The fourth-order valence-electron chi connectivity index (χ4n) is 2.20. The molecule has 5 heteroatoms. The molecule has 2 rings (SSSR count). The van der Waals surface area contributed by atoms with Crippen molar-refractivity contribution in [1.82, 2.24) is 10.3 Å². The number of aryl methyl sites for hydroxylation is 2. The third-order valence-electron chi connectivity index (χ3n) is 3.27. The van der Waals surface area contributed by atoms with Gasteiger partial charge in [0.05, 0.1) is 10.7 Å². The maximum Gasteiger partial charge on any atom is 0.267 e. The van der Waals surface area contributed by atoms with E-state index < -0.39 is 0 Å². The van der Waals surface area contributed by atoms with Gasteiger partial charge < -0.3 is 10.6 Å². The lowest BCUT2D eigenvalue weighted by atomic mass is 10.2. The van der Waals surface area contributed by atoms with Gasteiger partial charge in [-0.2, -0.15) is 0 Å². The van der Waals surface area contributed by atoms with Crippen molar-refractivity contribution in [1.29, 1.82) is 0 Å². The van der Waals surface area contributed by atoms with Gasteiger partial charge in [-0.1, -0.05) is 26.0 Å². The van der Waals surface area contributed by atoms with Gasteiger partial charge in [-0.05, 0) is 44.0 Å². The number of hydrogen-bond donors (Lipinski definition) is 2. The first kappa shape index (κ1) is 16.6. The minimum absolute atomic E-state index is 0.0713. The molecule has 0 fully saturated rings. The summed E-state index contributed by atoms with van der Waals surface area (Å²) in [5, 5.41) is 7.29. The minimum atomic E-state index is -0.0713. The van der Waals surface area contributed by atoms with Gasteiger partial charge in [0, 0.05) is 12.2 Å². The Morgan fingerprint density at radius 3 is 2.86 bits per heavy atom. The summed E-state index contributed by atoms with van der Waals surface area (Å²) in [6, 6.07) is 7.93. The molecule has 0 atom stereocenters. The van der Waals surface area contributed by atoms with Gasteiger partial charge in [0.1, 0.15) is 4.88 Å². The van der Waals surface area contributed by atoms with Gasteiger partial charge in [-0.25, -0.2) is 4.98 Å². The predicted octanol–water partition coefficient (Wildman–Crippen LogP) is 3.77. The van der Waals surface area contributed by atoms with E-state index in [1.165, 1.54) is 11.3 Å². The third-order valence-corrected chi connectivity index (χ3v) is 4.49. The second kappa shape index (κ2) is 8.06. The summed E-state index contributed by atoms with van der Waals surface area (Å²) >= 11 is 1.49. The first-order valence-electron chi connectivity index (χ1n) is 7.71. The number of nitrogens with zero attached hydrogens (tertiary/aromatic N) is 1. The molecule has 1 amide bonds. The molecule has 0 bridgehead atoms. The molecule has 0 unspecified atom stereocenters. The molecule has 0 aliphatic carbocycles. The number of thiazole rings is 1. The molecule has 0 saturated carbocycles. The quantitative estimate of drug-likeness (QED) is 0.817. The van der Waals surface area contributed by atoms with Gasteiger partial charge in [-0.3, -0.25) is 4.79 Å². The van der Waals surface area contributed by atoms with Crippen LogP contribution < -0.4 is 10.6 Å². The Balaban J connectivity index is 2.08. The molecule has 2 N–H and O–H groups in total. The first-order valence-corrected chi connectivity index (χ1v) is 8.53. The van der Waals surface area contributed by atoms with Crippen LogP contribution in [-0.2, 0) is 13.0 Å². The fraction of sp³-hybridized carbons (Fsp3) is 0.412. The van der Waals surface area contributed by atoms with E-state index in [4.69, 9.17) is 0 Å². The van der Waals surface area contributed by atoms with Crippen LogP contribution >= 0.6 is 11.3 Å². The summed E-state index contributed by atoms with van der Waals surface area (Å²) in [6.07, 6.45) is 1.97. The number of carbonyl (C=O) groups excluding carboxylic acids is 1. The Hall–Kier alpha value is -1.72. The van der Waals surface area contributed by atoms with Crippen LogP contribution in [-0.4, -0.2) is 17.4 Å². The molecule has 0 spiro atoms. The number of nitrogens with one attached hydrogen (secondary N) is 2. The summed E-state index contributed by atoms with van der Waals surface area (Å²) in [5.74, 6) is -0.0713. The van der Waals surface area contributed by atoms with E-state index >= 15 is 0 Å². The van der Waals surface area contributed by atoms with Crippen LogP contribution in [0.15, 0.2) is 24.3 Å². The highest BCUT2D eigenvalue weighted by molar-refractivity contribution is 7.13. The smallest absolute Gasteiger partial charge is 0.267 e. The van der Waals surface area contributed by atoms with E-state index in [9.17, 15) is 4.79 Å². The van der Waals surface area contributed by atoms with Gasteiger partial charge >= 0.3 is 0 Å². The highest BCUT2D eigenvalue weighted by Crippen LogP contribution is 2.21. The zero-order valence-corrected chi connectivity index (χ0v) is 14.2. The number of rotatable bonds is 7. The summed E-state index contributed by atoms with van der Waals surface area (Å²) in [6.45, 7) is 7.82. The molecule has 1 heterocycles. The van der Waals surface area contributed by atoms with Crippen LogP contribution in [0, 0.1) is 6.92 Å². The first-order chi connectivity index (χ1) is 10.6. The number of amides is 1. The van der Waals surface area contributed by atoms with Crippen LogP contribution in [0.25, 0.3) is 0 Å². The molecule has 118 valence electrons. The average molecular weight is 317 g/mol. The van der Waals surface area contributed by atoms with Crippen molar-refractivity contribution in [2.75, 3.05) is 11.9 Å². The van der Waals surface area contributed by atoms with Crippen molar-refractivity contribution in [2.45, 2.75) is 40.2 Å². The Morgan fingerprint density at radius 1 is 1.32 bits per heavy atom. The number of hydrogen-bond acceptors (Lipinski definition) is 4. The molecule has 0 radical (unpaired) electrons. The Morgan fingerprint density at radius 2 is 2.14 bits per heavy atom. The van der Waals surface area contributed by atoms with E-state index in [0.29, 0.717) is 4.88 Å². The van der Waals surface area contributed by atoms with E-state index in [1.54, 1.807) is 0 Å². The Labute approximate surface area is 136 Å². The molecule has 1 aromatic heterocycles. The fourth-order valence-corrected chi connectivity index (χ4v) is 3.26. The van der Waals surface area contributed by atoms with Crippen LogP contribution in [0.1, 0.15) is 46.2 Å². The lowest BCUT2D eigenvalue weighted by Gasteiger charge is -2.07. The molecule has 0 saturated heterocycles. The maximum absolute atomic E-state index is 12.4. The monoisotopic (exact) mass is 317 g/mol. The topological polar surface area (TPSA) is 54.0 Å². The lowest BCUT2D eigenvalue weighted by molar-refractivity contribution is 0.103. The van der Waals surface area contributed by atoms with E-state index in [1.807, 2.05) is 25.1 Å². The van der Waals surface area contributed by atoms with E-state index in [2.05, 4.69) is 35.5 Å². The number of aromatic nitrogens is 1. The molecular formula is C17H23N3OS. The van der Waals surface area contributed by atoms with Crippen molar-refractivity contribution in [3.8, 4) is 0 Å². The second-order valence-electron chi connectivity index (χ2n) is 5.21. The van der Waals surface area contributed by atoms with E-state index in [0.717, 1.165) is 47.9 Å². The van der Waals surface area contributed by atoms with Gasteiger partial charge in [-0.15, -0.1) is 11.3 Å². The summed E-state index contributed by atoms with van der Waals surface area (Å²) < 4.78 is 0. The molecule has 1 aromatic carbocycles. The van der Waals surface area contributed by atoms with Crippen molar-refractivity contribution >= 4 is 22.9 Å². The highest BCUT2D eigenvalue weighted by atomic mass is 32.1. The number of anilines is 1. The van der Waals surface area contributed by atoms with E-state index in [-0.39, 0.29) is 5.91 Å². The molecule has 0 aliphatic rings. The standard InChI is InChI=1S/C17H23N3OS/c1-4-7-15-19-12(3)16(22-15)17(21)20-14-9-6-8-13(10-14)11-18-5-2/h6,8-10,18H,4-5,7,11H2,1-3H3,(H,20,21). The molecule has 22 heavy (non-hydrogen) atoms. The second-order valence-corrected chi connectivity index (χ2v) is 6.29. The minimum Gasteiger partial charge on any atom is -0.321 e. The Kier molecular flexibility index (Phi) is 6.10. The van der Waals surface area contributed by atoms with Gasteiger partial charge in [0.2, 0.25) is 0 Å². The molecule has 2 aromatic rings. The Bertz CT molecular complexity index is 637. The summed E-state index contributed by atoms with van der Waals surface area (Å²) in [4.78, 5) is 17.6. The molecule has 0 aliphatic heterocycles. The van der Waals surface area contributed by atoms with Crippen LogP contribution in [0.2, 0.25) is 0 Å². The summed E-state index contributed by atoms with van der Waals surface area (Å²) in [7, 11) is 0. The van der Waals surface area contributed by atoms with Crippen LogP contribution in [0.3, 0.4) is 0 Å². The van der Waals surface area contributed by atoms with Crippen LogP contribution in [0.5, 0.6) is 0 Å². The normalized spacial score (nSPS) is 10.7. The zero-order chi connectivity index (χ0) is 15.9.